The number of benzene rings is 1. The molecule has 120 valence electrons. The third kappa shape index (κ3) is 3.90. The maximum atomic E-state index is 11.7. The molecule has 22 heavy (non-hydrogen) atoms. The summed E-state index contributed by atoms with van der Waals surface area (Å²) in [5.41, 5.74) is 0.823. The van der Waals surface area contributed by atoms with Crippen LogP contribution in [0.25, 0.3) is 0 Å². The first-order valence-electron chi connectivity index (χ1n) is 7.12. The van der Waals surface area contributed by atoms with Crippen molar-refractivity contribution in [1.29, 1.82) is 0 Å². The summed E-state index contributed by atoms with van der Waals surface area (Å²) in [4.78, 5) is 22.7. The summed E-state index contributed by atoms with van der Waals surface area (Å²) < 4.78 is 10.5. The average molecular weight is 307 g/mol. The Morgan fingerprint density at radius 2 is 2.00 bits per heavy atom. The highest BCUT2D eigenvalue weighted by Crippen LogP contribution is 2.50. The zero-order valence-corrected chi connectivity index (χ0v) is 13.2. The van der Waals surface area contributed by atoms with E-state index in [1.54, 1.807) is 39.0 Å². The standard InChI is InChI=1S/C16H21NO5/c1-16(2,3)22-15(20)17-9-5-6-10(13(7-9)21-4)11-8-12(11)14(18)19/h5-7,11-12H,8H2,1-4H3,(H,17,20)(H,18,19)/t11-,12+/m0/s1. The van der Waals surface area contributed by atoms with Crippen LogP contribution in [-0.4, -0.2) is 29.9 Å². The van der Waals surface area contributed by atoms with E-state index in [1.165, 1.54) is 7.11 Å². The van der Waals surface area contributed by atoms with Gasteiger partial charge in [-0.2, -0.15) is 0 Å². The van der Waals surface area contributed by atoms with Gasteiger partial charge in [-0.1, -0.05) is 6.07 Å². The van der Waals surface area contributed by atoms with E-state index in [9.17, 15) is 9.59 Å². The Hall–Kier alpha value is -2.24. The molecule has 1 aromatic rings. The average Bonchev–Trinajstić information content (AvgIpc) is 3.16. The third-order valence-electron chi connectivity index (χ3n) is 3.39. The molecule has 1 fully saturated rings. The summed E-state index contributed by atoms with van der Waals surface area (Å²) in [6.45, 7) is 5.36. The molecule has 0 heterocycles. The highest BCUT2D eigenvalue weighted by Gasteiger charge is 2.45. The lowest BCUT2D eigenvalue weighted by molar-refractivity contribution is -0.138. The van der Waals surface area contributed by atoms with Crippen molar-refractivity contribution in [1.82, 2.24) is 0 Å². The highest BCUT2D eigenvalue weighted by atomic mass is 16.6. The first-order valence-corrected chi connectivity index (χ1v) is 7.12. The van der Waals surface area contributed by atoms with Crippen LogP contribution in [-0.2, 0) is 9.53 Å². The fraction of sp³-hybridized carbons (Fsp3) is 0.500. The van der Waals surface area contributed by atoms with Crippen LogP contribution in [0.4, 0.5) is 10.5 Å². The van der Waals surface area contributed by atoms with E-state index >= 15 is 0 Å². The Bertz CT molecular complexity index is 591. The highest BCUT2D eigenvalue weighted by molar-refractivity contribution is 5.85. The molecule has 0 aliphatic heterocycles. The van der Waals surface area contributed by atoms with Crippen LogP contribution in [0.5, 0.6) is 5.75 Å². The van der Waals surface area contributed by atoms with E-state index in [2.05, 4.69) is 5.32 Å². The number of hydrogen-bond donors (Lipinski definition) is 2. The number of methoxy groups -OCH3 is 1. The lowest BCUT2D eigenvalue weighted by atomic mass is 10.1. The van der Waals surface area contributed by atoms with E-state index < -0.39 is 17.7 Å². The zero-order valence-electron chi connectivity index (χ0n) is 13.2. The second kappa shape index (κ2) is 5.87. The number of carbonyl (C=O) groups is 2. The van der Waals surface area contributed by atoms with Crippen LogP contribution in [0.15, 0.2) is 18.2 Å². The summed E-state index contributed by atoms with van der Waals surface area (Å²) in [6.07, 6.45) is 0.0713. The first-order chi connectivity index (χ1) is 10.2. The summed E-state index contributed by atoms with van der Waals surface area (Å²) in [5.74, 6) is -0.591. The molecule has 2 rings (SSSR count). The van der Waals surface area contributed by atoms with Gasteiger partial charge in [-0.25, -0.2) is 4.79 Å². The van der Waals surface area contributed by atoms with E-state index in [-0.39, 0.29) is 11.8 Å². The number of carbonyl (C=O) groups excluding carboxylic acids is 1. The Labute approximate surface area is 129 Å². The van der Waals surface area contributed by atoms with Crippen LogP contribution in [0.2, 0.25) is 0 Å². The topological polar surface area (TPSA) is 84.9 Å². The lowest BCUT2D eigenvalue weighted by Gasteiger charge is -2.20. The molecular formula is C16H21NO5. The maximum Gasteiger partial charge on any atom is 0.412 e. The first kappa shape index (κ1) is 16.1. The van der Waals surface area contributed by atoms with Gasteiger partial charge in [0.15, 0.2) is 0 Å². The molecule has 6 nitrogen and oxygen atoms in total. The van der Waals surface area contributed by atoms with Crippen LogP contribution >= 0.6 is 0 Å². The Kier molecular flexibility index (Phi) is 4.30. The smallest absolute Gasteiger partial charge is 0.412 e. The van der Waals surface area contributed by atoms with Gasteiger partial charge in [0, 0.05) is 17.7 Å². The Balaban J connectivity index is 2.10. The molecule has 2 N–H and O–H groups in total. The second-order valence-electron chi connectivity index (χ2n) is 6.37. The molecule has 0 radical (unpaired) electrons. The molecule has 1 amide bonds. The summed E-state index contributed by atoms with van der Waals surface area (Å²) in [7, 11) is 1.52. The molecular weight excluding hydrogens is 286 g/mol. The van der Waals surface area contributed by atoms with Gasteiger partial charge in [0.1, 0.15) is 11.4 Å². The van der Waals surface area contributed by atoms with Gasteiger partial charge in [0.25, 0.3) is 0 Å². The van der Waals surface area contributed by atoms with Crippen LogP contribution in [0.1, 0.15) is 38.7 Å². The van der Waals surface area contributed by atoms with Crippen molar-refractivity contribution in [3.63, 3.8) is 0 Å². The van der Waals surface area contributed by atoms with Gasteiger partial charge in [-0.3, -0.25) is 10.1 Å². The van der Waals surface area contributed by atoms with E-state index in [4.69, 9.17) is 14.6 Å². The van der Waals surface area contributed by atoms with Gasteiger partial charge in [0.2, 0.25) is 0 Å². The Morgan fingerprint density at radius 1 is 1.32 bits per heavy atom. The van der Waals surface area contributed by atoms with Crippen molar-refractivity contribution in [2.75, 3.05) is 12.4 Å². The molecule has 1 aromatic carbocycles. The monoisotopic (exact) mass is 307 g/mol. The molecule has 1 saturated carbocycles. The van der Waals surface area contributed by atoms with Crippen molar-refractivity contribution >= 4 is 17.7 Å². The van der Waals surface area contributed by atoms with Gasteiger partial charge in [-0.15, -0.1) is 0 Å². The molecule has 0 unspecified atom stereocenters. The minimum atomic E-state index is -0.789. The van der Waals surface area contributed by atoms with E-state index in [0.29, 0.717) is 17.9 Å². The summed E-state index contributed by atoms with van der Waals surface area (Å²) in [5, 5.41) is 11.7. The van der Waals surface area contributed by atoms with E-state index in [1.807, 2.05) is 0 Å². The predicted octanol–water partition coefficient (Wildman–Crippen LogP) is 3.23. The minimum absolute atomic E-state index is 0.0250. The number of nitrogens with one attached hydrogen (secondary N) is 1. The largest absolute Gasteiger partial charge is 0.496 e. The Morgan fingerprint density at radius 3 is 2.50 bits per heavy atom. The van der Waals surface area contributed by atoms with Crippen molar-refractivity contribution in [2.45, 2.75) is 38.7 Å². The number of hydrogen-bond acceptors (Lipinski definition) is 4. The summed E-state index contributed by atoms with van der Waals surface area (Å²) in [6, 6.07) is 5.19. The fourth-order valence-electron chi connectivity index (χ4n) is 2.33. The summed E-state index contributed by atoms with van der Waals surface area (Å²) >= 11 is 0. The third-order valence-corrected chi connectivity index (χ3v) is 3.39. The van der Waals surface area contributed by atoms with Crippen molar-refractivity contribution in [3.05, 3.63) is 23.8 Å². The van der Waals surface area contributed by atoms with Gasteiger partial charge in [0.05, 0.1) is 13.0 Å². The fourth-order valence-corrected chi connectivity index (χ4v) is 2.33. The van der Waals surface area contributed by atoms with Crippen molar-refractivity contribution in [3.8, 4) is 5.75 Å². The van der Waals surface area contributed by atoms with Crippen LogP contribution in [0.3, 0.4) is 0 Å². The van der Waals surface area contributed by atoms with E-state index in [0.717, 1.165) is 5.56 Å². The lowest BCUT2D eigenvalue weighted by Crippen LogP contribution is -2.27. The number of carboxylic acids is 1. The number of ether oxygens (including phenoxy) is 2. The molecule has 0 saturated heterocycles. The number of amides is 1. The SMILES string of the molecule is COc1cc(NC(=O)OC(C)(C)C)ccc1[C@@H]1C[C@H]1C(=O)O. The predicted molar refractivity (Wildman–Crippen MR) is 81.3 cm³/mol. The van der Waals surface area contributed by atoms with Crippen molar-refractivity contribution in [2.24, 2.45) is 5.92 Å². The van der Waals surface area contributed by atoms with Crippen molar-refractivity contribution < 1.29 is 24.2 Å². The molecule has 0 aromatic heterocycles. The quantitative estimate of drug-likeness (QED) is 0.892. The molecule has 0 spiro atoms. The minimum Gasteiger partial charge on any atom is -0.496 e. The van der Waals surface area contributed by atoms with Gasteiger partial charge in [-0.05, 0) is 38.8 Å². The molecule has 6 heteroatoms. The maximum absolute atomic E-state index is 11.7. The number of rotatable bonds is 4. The van der Waals surface area contributed by atoms with Crippen LogP contribution in [0, 0.1) is 5.92 Å². The zero-order chi connectivity index (χ0) is 16.5. The normalized spacial score (nSPS) is 20.2. The molecule has 1 aliphatic rings. The number of anilines is 1. The molecule has 1 aliphatic carbocycles. The number of aliphatic carboxylic acids is 1. The number of carboxylic acid groups (broad SMARTS) is 1. The second-order valence-corrected chi connectivity index (χ2v) is 6.37. The van der Waals surface area contributed by atoms with Gasteiger partial charge < -0.3 is 14.6 Å². The molecule has 2 atom stereocenters. The molecule has 0 bridgehead atoms. The van der Waals surface area contributed by atoms with Crippen LogP contribution < -0.4 is 10.1 Å². The van der Waals surface area contributed by atoms with Gasteiger partial charge >= 0.3 is 12.1 Å².